The van der Waals surface area contributed by atoms with Gasteiger partial charge in [-0.1, -0.05) is 36.8 Å². The molecule has 1 saturated carbocycles. The van der Waals surface area contributed by atoms with E-state index in [1.54, 1.807) is 11.3 Å². The summed E-state index contributed by atoms with van der Waals surface area (Å²) in [5.74, 6) is 0. The van der Waals surface area contributed by atoms with E-state index in [1.807, 2.05) is 0 Å². The van der Waals surface area contributed by atoms with Crippen LogP contribution < -0.4 is 5.32 Å². The molecule has 2 aromatic rings. The van der Waals surface area contributed by atoms with Crippen LogP contribution in [0.1, 0.15) is 36.4 Å². The highest BCUT2D eigenvalue weighted by molar-refractivity contribution is 9.10. The first-order valence-corrected chi connectivity index (χ1v) is 8.46. The second-order valence-electron chi connectivity index (χ2n) is 5.27. The Morgan fingerprint density at radius 2 is 1.95 bits per heavy atom. The van der Waals surface area contributed by atoms with Gasteiger partial charge in [-0.15, -0.1) is 0 Å². The van der Waals surface area contributed by atoms with Crippen LogP contribution in [0.5, 0.6) is 0 Å². The van der Waals surface area contributed by atoms with Crippen molar-refractivity contribution in [3.8, 4) is 0 Å². The number of hydrogen-bond donors (Lipinski definition) is 1. The molecule has 0 aliphatic heterocycles. The van der Waals surface area contributed by atoms with Gasteiger partial charge in [0, 0.05) is 21.3 Å². The molecule has 1 aromatic heterocycles. The molecule has 1 aliphatic rings. The predicted molar refractivity (Wildman–Crippen MR) is 85.8 cm³/mol. The maximum absolute atomic E-state index is 3.70. The summed E-state index contributed by atoms with van der Waals surface area (Å²) in [5, 5.41) is 8.01. The van der Waals surface area contributed by atoms with Crippen LogP contribution in [0.4, 0.5) is 0 Å². The molecule has 0 radical (unpaired) electrons. The van der Waals surface area contributed by atoms with Gasteiger partial charge in [0.15, 0.2) is 0 Å². The largest absolute Gasteiger partial charge is 0.312 e. The van der Waals surface area contributed by atoms with E-state index < -0.39 is 0 Å². The number of rotatable bonds is 4. The van der Waals surface area contributed by atoms with E-state index in [0.29, 0.717) is 6.04 Å². The summed E-state index contributed by atoms with van der Waals surface area (Å²) in [7, 11) is 2.08. The van der Waals surface area contributed by atoms with Crippen molar-refractivity contribution < 1.29 is 0 Å². The van der Waals surface area contributed by atoms with Crippen LogP contribution in [0.15, 0.2) is 45.6 Å². The molecule has 0 amide bonds. The lowest BCUT2D eigenvalue weighted by atomic mass is 9.59. The quantitative estimate of drug-likeness (QED) is 0.838. The monoisotopic (exact) mass is 335 g/mol. The normalized spacial score (nSPS) is 18.8. The van der Waals surface area contributed by atoms with Gasteiger partial charge in [-0.2, -0.15) is 11.3 Å². The van der Waals surface area contributed by atoms with Crippen molar-refractivity contribution in [2.45, 2.75) is 30.7 Å². The molecule has 1 N–H and O–H groups in total. The standard InChI is InChI=1S/C16H18BrNS/c1-18-15(13-10-19-11-14(13)17)16(8-5-9-16)12-6-3-2-4-7-12/h2-4,6-7,10-11,15,18H,5,8-9H2,1H3. The Hall–Kier alpha value is -0.640. The molecular weight excluding hydrogens is 318 g/mol. The molecule has 1 aliphatic carbocycles. The first-order valence-electron chi connectivity index (χ1n) is 6.72. The van der Waals surface area contributed by atoms with Crippen LogP contribution in [0.2, 0.25) is 0 Å². The fourth-order valence-electron chi connectivity index (χ4n) is 3.30. The van der Waals surface area contributed by atoms with Crippen LogP contribution in [-0.2, 0) is 5.41 Å². The minimum absolute atomic E-state index is 0.263. The molecular formula is C16H18BrNS. The Kier molecular flexibility index (Phi) is 3.79. The van der Waals surface area contributed by atoms with Crippen molar-refractivity contribution in [1.29, 1.82) is 0 Å². The summed E-state index contributed by atoms with van der Waals surface area (Å²) in [6.45, 7) is 0. The van der Waals surface area contributed by atoms with E-state index in [4.69, 9.17) is 0 Å². The molecule has 1 aromatic carbocycles. The topological polar surface area (TPSA) is 12.0 Å². The fraction of sp³-hybridized carbons (Fsp3) is 0.375. The first kappa shape index (κ1) is 13.3. The van der Waals surface area contributed by atoms with Gasteiger partial charge in [0.05, 0.1) is 0 Å². The highest BCUT2D eigenvalue weighted by atomic mass is 79.9. The lowest BCUT2D eigenvalue weighted by Crippen LogP contribution is -2.45. The number of benzene rings is 1. The molecule has 1 nitrogen and oxygen atoms in total. The average Bonchev–Trinajstić information content (AvgIpc) is 2.81. The smallest absolute Gasteiger partial charge is 0.0435 e. The Balaban J connectivity index is 2.04. The molecule has 100 valence electrons. The third kappa shape index (κ3) is 2.18. The fourth-order valence-corrected chi connectivity index (χ4v) is 4.85. The molecule has 0 saturated heterocycles. The molecule has 3 rings (SSSR count). The van der Waals surface area contributed by atoms with Crippen LogP contribution in [0.3, 0.4) is 0 Å². The third-order valence-corrected chi connectivity index (χ3v) is 6.14. The number of thiophene rings is 1. The zero-order valence-electron chi connectivity index (χ0n) is 11.0. The summed E-state index contributed by atoms with van der Waals surface area (Å²) >= 11 is 5.47. The molecule has 1 heterocycles. The lowest BCUT2D eigenvalue weighted by Gasteiger charge is -2.48. The van der Waals surface area contributed by atoms with Crippen molar-refractivity contribution >= 4 is 27.3 Å². The van der Waals surface area contributed by atoms with E-state index in [2.05, 4.69) is 69.4 Å². The molecule has 1 fully saturated rings. The van der Waals surface area contributed by atoms with E-state index in [-0.39, 0.29) is 5.41 Å². The van der Waals surface area contributed by atoms with Crippen molar-refractivity contribution in [1.82, 2.24) is 5.32 Å². The van der Waals surface area contributed by atoms with Crippen LogP contribution in [0.25, 0.3) is 0 Å². The maximum atomic E-state index is 3.70. The Bertz CT molecular complexity index is 545. The highest BCUT2D eigenvalue weighted by Crippen LogP contribution is 2.53. The minimum Gasteiger partial charge on any atom is -0.312 e. The zero-order chi connectivity index (χ0) is 13.3. The van der Waals surface area contributed by atoms with Gasteiger partial charge in [0.1, 0.15) is 0 Å². The van der Waals surface area contributed by atoms with Crippen molar-refractivity contribution in [2.75, 3.05) is 7.05 Å². The predicted octanol–water partition coefficient (Wildman–Crippen LogP) is 4.89. The molecule has 0 spiro atoms. The number of likely N-dealkylation sites (N-methyl/N-ethyl adjacent to an activating group) is 1. The zero-order valence-corrected chi connectivity index (χ0v) is 13.4. The van der Waals surface area contributed by atoms with E-state index >= 15 is 0 Å². The Labute approximate surface area is 127 Å². The van der Waals surface area contributed by atoms with Crippen LogP contribution in [0, 0.1) is 0 Å². The molecule has 1 atom stereocenters. The van der Waals surface area contributed by atoms with Crippen molar-refractivity contribution in [3.05, 3.63) is 56.7 Å². The SMILES string of the molecule is CNC(c1cscc1Br)C1(c2ccccc2)CCC1. The maximum Gasteiger partial charge on any atom is 0.0435 e. The second kappa shape index (κ2) is 5.39. The second-order valence-corrected chi connectivity index (χ2v) is 6.87. The Morgan fingerprint density at radius 3 is 2.42 bits per heavy atom. The number of hydrogen-bond acceptors (Lipinski definition) is 2. The molecule has 19 heavy (non-hydrogen) atoms. The summed E-state index contributed by atoms with van der Waals surface area (Å²) in [6, 6.07) is 11.4. The Morgan fingerprint density at radius 1 is 1.21 bits per heavy atom. The molecule has 1 unspecified atom stereocenters. The van der Waals surface area contributed by atoms with E-state index in [1.165, 1.54) is 34.9 Å². The van der Waals surface area contributed by atoms with Gasteiger partial charge in [-0.25, -0.2) is 0 Å². The minimum atomic E-state index is 0.263. The third-order valence-electron chi connectivity index (χ3n) is 4.39. The summed E-state index contributed by atoms with van der Waals surface area (Å²) < 4.78 is 1.24. The van der Waals surface area contributed by atoms with E-state index in [9.17, 15) is 0 Å². The molecule has 0 bridgehead atoms. The van der Waals surface area contributed by atoms with E-state index in [0.717, 1.165) is 0 Å². The number of nitrogens with one attached hydrogen (secondary N) is 1. The van der Waals surface area contributed by atoms with Gasteiger partial charge in [-0.05, 0) is 52.3 Å². The van der Waals surface area contributed by atoms with Crippen molar-refractivity contribution in [3.63, 3.8) is 0 Å². The van der Waals surface area contributed by atoms with Gasteiger partial charge in [0.25, 0.3) is 0 Å². The first-order chi connectivity index (χ1) is 9.28. The summed E-state index contributed by atoms with van der Waals surface area (Å²) in [5.41, 5.74) is 3.13. The van der Waals surface area contributed by atoms with Gasteiger partial charge in [-0.3, -0.25) is 0 Å². The van der Waals surface area contributed by atoms with Crippen LogP contribution in [-0.4, -0.2) is 7.05 Å². The van der Waals surface area contributed by atoms with Gasteiger partial charge >= 0.3 is 0 Å². The lowest BCUT2D eigenvalue weighted by molar-refractivity contribution is 0.175. The van der Waals surface area contributed by atoms with Gasteiger partial charge in [0.2, 0.25) is 0 Å². The van der Waals surface area contributed by atoms with Crippen molar-refractivity contribution in [2.24, 2.45) is 0 Å². The summed E-state index contributed by atoms with van der Waals surface area (Å²) in [6.07, 6.45) is 3.87. The summed E-state index contributed by atoms with van der Waals surface area (Å²) in [4.78, 5) is 0. The average molecular weight is 336 g/mol. The highest BCUT2D eigenvalue weighted by Gasteiger charge is 2.46. The molecule has 3 heteroatoms. The number of halogens is 1. The van der Waals surface area contributed by atoms with Gasteiger partial charge < -0.3 is 5.32 Å². The van der Waals surface area contributed by atoms with Crippen LogP contribution >= 0.6 is 27.3 Å².